The van der Waals surface area contributed by atoms with Gasteiger partial charge in [-0.1, -0.05) is 12.1 Å². The normalized spacial score (nSPS) is 17.0. The second-order valence-corrected chi connectivity index (χ2v) is 5.25. The van der Waals surface area contributed by atoms with Gasteiger partial charge in [0, 0.05) is 20.3 Å². The Morgan fingerprint density at radius 2 is 2.13 bits per heavy atom. The van der Waals surface area contributed by atoms with E-state index in [4.69, 9.17) is 9.47 Å². The second-order valence-electron chi connectivity index (χ2n) is 5.25. The van der Waals surface area contributed by atoms with Gasteiger partial charge in [-0.2, -0.15) is 5.10 Å². The summed E-state index contributed by atoms with van der Waals surface area (Å²) in [6.07, 6.45) is 1.72. The number of hydrogen-bond acceptors (Lipinski definition) is 4. The number of ether oxygens (including phenoxy) is 2. The molecule has 0 spiro atoms. The molecule has 3 rings (SSSR count). The number of guanidine groups is 1. The Bertz CT molecular complexity index is 683. The minimum absolute atomic E-state index is 0.0554. The lowest BCUT2D eigenvalue weighted by Crippen LogP contribution is -2.45. The van der Waals surface area contributed by atoms with Gasteiger partial charge in [0.1, 0.15) is 12.7 Å². The summed E-state index contributed by atoms with van der Waals surface area (Å²) in [6, 6.07) is 9.66. The monoisotopic (exact) mass is 315 g/mol. The standard InChI is InChI=1S/C16H21N5O2/c1-17-16(18-9-12-7-8-20-21(12)2)19-10-13-11-22-14-5-3-4-6-15(14)23-13/h3-8,13H,9-11H2,1-2H3,(H2,17,18,19). The van der Waals surface area contributed by atoms with Crippen LogP contribution in [0.25, 0.3) is 0 Å². The van der Waals surface area contributed by atoms with Crippen molar-refractivity contribution in [2.24, 2.45) is 12.0 Å². The first-order valence-corrected chi connectivity index (χ1v) is 7.56. The van der Waals surface area contributed by atoms with E-state index in [1.54, 1.807) is 13.2 Å². The fourth-order valence-electron chi connectivity index (χ4n) is 2.34. The van der Waals surface area contributed by atoms with Gasteiger partial charge in [0.2, 0.25) is 0 Å². The van der Waals surface area contributed by atoms with E-state index < -0.39 is 0 Å². The van der Waals surface area contributed by atoms with Crippen LogP contribution in [0.2, 0.25) is 0 Å². The molecular formula is C16H21N5O2. The van der Waals surface area contributed by atoms with Gasteiger partial charge in [0.05, 0.1) is 18.8 Å². The summed E-state index contributed by atoms with van der Waals surface area (Å²) < 4.78 is 13.4. The van der Waals surface area contributed by atoms with Crippen molar-refractivity contribution in [2.75, 3.05) is 20.2 Å². The van der Waals surface area contributed by atoms with Gasteiger partial charge >= 0.3 is 0 Å². The van der Waals surface area contributed by atoms with Crippen LogP contribution in [0.5, 0.6) is 11.5 Å². The molecule has 122 valence electrons. The average molecular weight is 315 g/mol. The number of nitrogens with zero attached hydrogens (tertiary/aromatic N) is 3. The quantitative estimate of drug-likeness (QED) is 0.648. The molecule has 1 aliphatic rings. The number of para-hydroxylation sites is 2. The molecule has 2 N–H and O–H groups in total. The van der Waals surface area contributed by atoms with Crippen molar-refractivity contribution in [3.8, 4) is 11.5 Å². The number of aryl methyl sites for hydroxylation is 1. The Balaban J connectivity index is 1.48. The maximum Gasteiger partial charge on any atom is 0.191 e. The topological polar surface area (TPSA) is 72.7 Å². The van der Waals surface area contributed by atoms with Crippen molar-refractivity contribution in [1.82, 2.24) is 20.4 Å². The third-order valence-corrected chi connectivity index (χ3v) is 3.65. The summed E-state index contributed by atoms with van der Waals surface area (Å²) in [5.74, 6) is 2.29. The van der Waals surface area contributed by atoms with E-state index in [9.17, 15) is 0 Å². The van der Waals surface area contributed by atoms with Gasteiger partial charge in [0.25, 0.3) is 0 Å². The molecule has 7 heteroatoms. The summed E-state index contributed by atoms with van der Waals surface area (Å²) in [7, 11) is 3.66. The van der Waals surface area contributed by atoms with E-state index in [0.717, 1.165) is 17.2 Å². The summed E-state index contributed by atoms with van der Waals surface area (Å²) >= 11 is 0. The lowest BCUT2D eigenvalue weighted by atomic mass is 10.2. The fraction of sp³-hybridized carbons (Fsp3) is 0.375. The largest absolute Gasteiger partial charge is 0.486 e. The third kappa shape index (κ3) is 3.74. The number of aromatic nitrogens is 2. The fourth-order valence-corrected chi connectivity index (χ4v) is 2.34. The maximum absolute atomic E-state index is 5.91. The molecule has 1 aromatic heterocycles. The van der Waals surface area contributed by atoms with Crippen molar-refractivity contribution in [1.29, 1.82) is 0 Å². The molecule has 0 saturated carbocycles. The van der Waals surface area contributed by atoms with Crippen molar-refractivity contribution < 1.29 is 9.47 Å². The van der Waals surface area contributed by atoms with E-state index in [1.807, 2.05) is 42.1 Å². The number of fused-ring (bicyclic) bond motifs is 1. The van der Waals surface area contributed by atoms with Crippen molar-refractivity contribution in [3.63, 3.8) is 0 Å². The number of rotatable bonds is 4. The Morgan fingerprint density at radius 1 is 1.30 bits per heavy atom. The molecule has 1 aliphatic heterocycles. The molecule has 0 amide bonds. The van der Waals surface area contributed by atoms with E-state index >= 15 is 0 Å². The summed E-state index contributed by atoms with van der Waals surface area (Å²) in [5, 5.41) is 10.7. The highest BCUT2D eigenvalue weighted by molar-refractivity contribution is 5.79. The van der Waals surface area contributed by atoms with Crippen LogP contribution in [0.1, 0.15) is 5.69 Å². The lowest BCUT2D eigenvalue weighted by Gasteiger charge is -2.27. The van der Waals surface area contributed by atoms with Gasteiger partial charge in [-0.3, -0.25) is 9.67 Å². The summed E-state index contributed by atoms with van der Waals surface area (Å²) in [4.78, 5) is 4.21. The highest BCUT2D eigenvalue weighted by atomic mass is 16.6. The summed E-state index contributed by atoms with van der Waals surface area (Å²) in [6.45, 7) is 1.78. The van der Waals surface area contributed by atoms with Gasteiger partial charge < -0.3 is 20.1 Å². The lowest BCUT2D eigenvalue weighted by molar-refractivity contribution is 0.0936. The predicted octanol–water partition coefficient (Wildman–Crippen LogP) is 0.925. The van der Waals surface area contributed by atoms with Crippen LogP contribution >= 0.6 is 0 Å². The molecule has 2 heterocycles. The zero-order valence-electron chi connectivity index (χ0n) is 13.3. The van der Waals surface area contributed by atoms with E-state index in [0.29, 0.717) is 25.7 Å². The number of hydrogen-bond donors (Lipinski definition) is 2. The molecule has 0 radical (unpaired) electrons. The maximum atomic E-state index is 5.91. The first kappa shape index (κ1) is 15.2. The predicted molar refractivity (Wildman–Crippen MR) is 87.8 cm³/mol. The highest BCUT2D eigenvalue weighted by Gasteiger charge is 2.20. The van der Waals surface area contributed by atoms with Gasteiger partial charge in [0.15, 0.2) is 17.5 Å². The van der Waals surface area contributed by atoms with Gasteiger partial charge in [-0.05, 0) is 18.2 Å². The first-order valence-electron chi connectivity index (χ1n) is 7.56. The SMILES string of the molecule is CN=C(NCc1ccnn1C)NCC1COc2ccccc2O1. The Hall–Kier alpha value is -2.70. The molecule has 1 atom stereocenters. The van der Waals surface area contributed by atoms with E-state index in [1.165, 1.54) is 0 Å². The van der Waals surface area contributed by atoms with Crippen LogP contribution in [0, 0.1) is 0 Å². The van der Waals surface area contributed by atoms with Crippen molar-refractivity contribution in [3.05, 3.63) is 42.2 Å². The molecule has 0 aliphatic carbocycles. The number of benzene rings is 1. The molecule has 0 fully saturated rings. The Kier molecular flexibility index (Phi) is 4.65. The van der Waals surface area contributed by atoms with E-state index in [2.05, 4.69) is 20.7 Å². The average Bonchev–Trinajstić information content (AvgIpc) is 3.00. The third-order valence-electron chi connectivity index (χ3n) is 3.65. The zero-order chi connectivity index (χ0) is 16.1. The van der Waals surface area contributed by atoms with E-state index in [-0.39, 0.29) is 6.10 Å². The Morgan fingerprint density at radius 3 is 2.87 bits per heavy atom. The molecule has 0 saturated heterocycles. The molecule has 0 bridgehead atoms. The molecule has 7 nitrogen and oxygen atoms in total. The minimum Gasteiger partial charge on any atom is -0.486 e. The summed E-state index contributed by atoms with van der Waals surface area (Å²) in [5.41, 5.74) is 1.08. The number of nitrogens with one attached hydrogen (secondary N) is 2. The molecule has 23 heavy (non-hydrogen) atoms. The van der Waals surface area contributed by atoms with Gasteiger partial charge in [-0.15, -0.1) is 0 Å². The van der Waals surface area contributed by atoms with Crippen LogP contribution in [-0.2, 0) is 13.6 Å². The van der Waals surface area contributed by atoms with Crippen LogP contribution in [-0.4, -0.2) is 42.0 Å². The highest BCUT2D eigenvalue weighted by Crippen LogP contribution is 2.30. The molecule has 1 aromatic carbocycles. The van der Waals surface area contributed by atoms with Gasteiger partial charge in [-0.25, -0.2) is 0 Å². The Labute approximate surface area is 135 Å². The van der Waals surface area contributed by atoms with Crippen molar-refractivity contribution in [2.45, 2.75) is 12.6 Å². The van der Waals surface area contributed by atoms with Crippen LogP contribution in [0.15, 0.2) is 41.5 Å². The van der Waals surface area contributed by atoms with Crippen molar-refractivity contribution >= 4 is 5.96 Å². The van der Waals surface area contributed by atoms with Crippen LogP contribution in [0.3, 0.4) is 0 Å². The minimum atomic E-state index is -0.0554. The molecular weight excluding hydrogens is 294 g/mol. The zero-order valence-corrected chi connectivity index (χ0v) is 13.3. The smallest absolute Gasteiger partial charge is 0.191 e. The number of aliphatic imine (C=N–C) groups is 1. The van der Waals surface area contributed by atoms with Crippen LogP contribution < -0.4 is 20.1 Å². The molecule has 1 unspecified atom stereocenters. The first-order chi connectivity index (χ1) is 11.3. The second kappa shape index (κ2) is 7.04. The van der Waals surface area contributed by atoms with Crippen LogP contribution in [0.4, 0.5) is 0 Å². The molecule has 2 aromatic rings.